The van der Waals surface area contributed by atoms with Crippen LogP contribution >= 0.6 is 0 Å². The molecule has 21 heavy (non-hydrogen) atoms. The molecule has 0 aliphatic rings. The topological polar surface area (TPSA) is 72.5 Å². The number of amides is 1. The Morgan fingerprint density at radius 3 is 2.10 bits per heavy atom. The van der Waals surface area contributed by atoms with Gasteiger partial charge < -0.3 is 10.1 Å². The summed E-state index contributed by atoms with van der Waals surface area (Å²) in [6, 6.07) is 4.82. The Morgan fingerprint density at radius 2 is 1.62 bits per heavy atom. The molecule has 0 unspecified atom stereocenters. The van der Waals surface area contributed by atoms with E-state index in [1.807, 2.05) is 0 Å². The van der Waals surface area contributed by atoms with Crippen molar-refractivity contribution in [3.05, 3.63) is 41.0 Å². The van der Waals surface area contributed by atoms with E-state index in [9.17, 15) is 14.4 Å². The molecular weight excluding hydrogens is 270 g/mol. The molecule has 5 nitrogen and oxygen atoms in total. The highest BCUT2D eigenvalue weighted by atomic mass is 16.6. The van der Waals surface area contributed by atoms with Crippen LogP contribution in [-0.2, 0) is 4.74 Å². The summed E-state index contributed by atoms with van der Waals surface area (Å²) in [6.45, 7) is 5.65. The summed E-state index contributed by atoms with van der Waals surface area (Å²) in [5, 5.41) is 2.58. The molecule has 0 aromatic heterocycles. The Kier molecular flexibility index (Phi) is 5.84. The average molecular weight is 289 g/mol. The number of benzene rings is 1. The van der Waals surface area contributed by atoms with E-state index < -0.39 is 11.7 Å². The normalized spacial score (nSPS) is 11.2. The van der Waals surface area contributed by atoms with Crippen molar-refractivity contribution in [1.82, 2.24) is 5.32 Å². The molecule has 0 aliphatic heterocycles. The minimum atomic E-state index is -0.537. The third-order valence-electron chi connectivity index (χ3n) is 2.35. The van der Waals surface area contributed by atoms with Crippen LogP contribution in [0.2, 0.25) is 0 Å². The summed E-state index contributed by atoms with van der Waals surface area (Å²) >= 11 is 0. The predicted molar refractivity (Wildman–Crippen MR) is 80.5 cm³/mol. The van der Waals surface area contributed by atoms with Gasteiger partial charge in [0, 0.05) is 17.7 Å². The van der Waals surface area contributed by atoms with Gasteiger partial charge in [-0.25, -0.2) is 4.79 Å². The van der Waals surface area contributed by atoms with Gasteiger partial charge in [-0.15, -0.1) is 0 Å². The number of nitrogens with one attached hydrogen (secondary N) is 1. The van der Waals surface area contributed by atoms with E-state index in [0.717, 1.165) is 0 Å². The molecule has 1 aromatic carbocycles. The Morgan fingerprint density at radius 1 is 1.10 bits per heavy atom. The molecule has 0 bridgehead atoms. The summed E-state index contributed by atoms with van der Waals surface area (Å²) in [5.41, 5.74) is 1.04. The van der Waals surface area contributed by atoms with Crippen LogP contribution in [0.1, 0.15) is 47.1 Å². The van der Waals surface area contributed by atoms with Crippen LogP contribution in [-0.4, -0.2) is 30.8 Å². The molecule has 0 fully saturated rings. The van der Waals surface area contributed by atoms with E-state index in [1.54, 1.807) is 45.1 Å². The largest absolute Gasteiger partial charge is 0.444 e. The maximum atomic E-state index is 11.4. The monoisotopic (exact) mass is 289 g/mol. The molecule has 1 N–H and O–H groups in total. The highest BCUT2D eigenvalue weighted by Gasteiger charge is 2.14. The molecule has 112 valence electrons. The summed E-state index contributed by atoms with van der Waals surface area (Å²) in [6.07, 6.45) is 4.30. The molecular formula is C16H19NO4. The van der Waals surface area contributed by atoms with E-state index in [2.05, 4.69) is 5.32 Å². The van der Waals surface area contributed by atoms with Crippen LogP contribution in [0, 0.1) is 0 Å². The Labute approximate surface area is 124 Å². The van der Waals surface area contributed by atoms with E-state index in [4.69, 9.17) is 4.74 Å². The number of hydrogen-bond acceptors (Lipinski definition) is 4. The number of rotatable bonds is 5. The second kappa shape index (κ2) is 7.38. The van der Waals surface area contributed by atoms with E-state index in [-0.39, 0.29) is 6.54 Å². The van der Waals surface area contributed by atoms with Gasteiger partial charge >= 0.3 is 6.09 Å². The van der Waals surface area contributed by atoms with Gasteiger partial charge in [0.25, 0.3) is 0 Å². The molecule has 0 saturated heterocycles. The van der Waals surface area contributed by atoms with Crippen LogP contribution in [0.4, 0.5) is 4.79 Å². The van der Waals surface area contributed by atoms with Crippen molar-refractivity contribution in [1.29, 1.82) is 0 Å². The van der Waals surface area contributed by atoms with Gasteiger partial charge in [0.15, 0.2) is 0 Å². The second-order valence-electron chi connectivity index (χ2n) is 5.45. The zero-order chi connectivity index (χ0) is 15.9. The fourth-order valence-corrected chi connectivity index (χ4v) is 1.59. The van der Waals surface area contributed by atoms with Crippen LogP contribution in [0.15, 0.2) is 24.3 Å². The number of aldehydes is 2. The third kappa shape index (κ3) is 6.51. The van der Waals surface area contributed by atoms with Gasteiger partial charge in [0.2, 0.25) is 0 Å². The molecule has 1 aromatic rings. The van der Waals surface area contributed by atoms with Crippen LogP contribution in [0.3, 0.4) is 0 Å². The Hall–Kier alpha value is -2.43. The number of hydrogen-bond donors (Lipinski definition) is 1. The van der Waals surface area contributed by atoms with Crippen molar-refractivity contribution in [3.63, 3.8) is 0 Å². The lowest BCUT2D eigenvalue weighted by molar-refractivity contribution is 0.0534. The van der Waals surface area contributed by atoms with Crippen molar-refractivity contribution in [2.24, 2.45) is 0 Å². The first-order valence-electron chi connectivity index (χ1n) is 6.53. The fourth-order valence-electron chi connectivity index (χ4n) is 1.59. The Bertz CT molecular complexity index is 530. The first-order valence-corrected chi connectivity index (χ1v) is 6.53. The Balaban J connectivity index is 2.59. The molecule has 0 saturated carbocycles. The van der Waals surface area contributed by atoms with Crippen molar-refractivity contribution >= 4 is 24.7 Å². The smallest absolute Gasteiger partial charge is 0.407 e. The third-order valence-corrected chi connectivity index (χ3v) is 2.35. The summed E-state index contributed by atoms with van der Waals surface area (Å²) in [4.78, 5) is 32.9. The standard InChI is InChI=1S/C16H19NO4/c1-16(2,3)21-15(20)17-6-4-5-12-7-13(10-18)9-14(8-12)11-19/h4-5,7-11H,6H2,1-3H3,(H,17,20). The maximum absolute atomic E-state index is 11.4. The highest BCUT2D eigenvalue weighted by Crippen LogP contribution is 2.09. The molecule has 0 aliphatic carbocycles. The molecule has 0 heterocycles. The quantitative estimate of drug-likeness (QED) is 0.846. The predicted octanol–water partition coefficient (Wildman–Crippen LogP) is 2.85. The first-order chi connectivity index (χ1) is 9.84. The minimum Gasteiger partial charge on any atom is -0.444 e. The van der Waals surface area contributed by atoms with E-state index >= 15 is 0 Å². The van der Waals surface area contributed by atoms with Gasteiger partial charge in [-0.3, -0.25) is 9.59 Å². The van der Waals surface area contributed by atoms with Gasteiger partial charge in [-0.05, 0) is 44.5 Å². The number of ether oxygens (including phenoxy) is 1. The lowest BCUT2D eigenvalue weighted by Crippen LogP contribution is -2.32. The fraction of sp³-hybridized carbons (Fsp3) is 0.312. The van der Waals surface area contributed by atoms with Crippen LogP contribution < -0.4 is 5.32 Å². The highest BCUT2D eigenvalue weighted by molar-refractivity contribution is 5.83. The maximum Gasteiger partial charge on any atom is 0.407 e. The van der Waals surface area contributed by atoms with Gasteiger partial charge in [-0.1, -0.05) is 12.2 Å². The molecule has 1 rings (SSSR count). The lowest BCUT2D eigenvalue weighted by Gasteiger charge is -2.19. The van der Waals surface area contributed by atoms with Gasteiger partial charge in [0.1, 0.15) is 18.2 Å². The molecule has 5 heteroatoms. The SMILES string of the molecule is CC(C)(C)OC(=O)NCC=Cc1cc(C=O)cc(C=O)c1. The molecule has 0 radical (unpaired) electrons. The van der Waals surface area contributed by atoms with Gasteiger partial charge in [0.05, 0.1) is 0 Å². The molecule has 0 atom stereocenters. The molecule has 0 spiro atoms. The van der Waals surface area contributed by atoms with Crippen molar-refractivity contribution < 1.29 is 19.1 Å². The molecule has 1 amide bonds. The van der Waals surface area contributed by atoms with Gasteiger partial charge in [-0.2, -0.15) is 0 Å². The lowest BCUT2D eigenvalue weighted by atomic mass is 10.1. The van der Waals surface area contributed by atoms with E-state index in [1.165, 1.54) is 6.07 Å². The number of alkyl carbamates (subject to hydrolysis) is 1. The summed E-state index contributed by atoms with van der Waals surface area (Å²) in [5.74, 6) is 0. The first kappa shape index (κ1) is 16.6. The van der Waals surface area contributed by atoms with Crippen molar-refractivity contribution in [2.45, 2.75) is 26.4 Å². The van der Waals surface area contributed by atoms with Crippen molar-refractivity contribution in [2.75, 3.05) is 6.54 Å². The van der Waals surface area contributed by atoms with Crippen molar-refractivity contribution in [3.8, 4) is 0 Å². The zero-order valence-electron chi connectivity index (χ0n) is 12.4. The van der Waals surface area contributed by atoms with Crippen LogP contribution in [0.25, 0.3) is 6.08 Å². The van der Waals surface area contributed by atoms with E-state index in [0.29, 0.717) is 29.3 Å². The van der Waals surface area contributed by atoms with Crippen LogP contribution in [0.5, 0.6) is 0 Å². The summed E-state index contributed by atoms with van der Waals surface area (Å²) in [7, 11) is 0. The minimum absolute atomic E-state index is 0.288. The average Bonchev–Trinajstić information content (AvgIpc) is 2.41. The number of carbonyl (C=O) groups excluding carboxylic acids is 3. The zero-order valence-corrected chi connectivity index (χ0v) is 12.4. The summed E-state index contributed by atoms with van der Waals surface area (Å²) < 4.78 is 5.09. The second-order valence-corrected chi connectivity index (χ2v) is 5.45. The number of carbonyl (C=O) groups is 3.